The monoisotopic (exact) mass is 746 g/mol. The molecule has 0 heterocycles. The Morgan fingerprint density at radius 3 is 1.81 bits per heavy atom. The van der Waals surface area contributed by atoms with E-state index in [9.17, 15) is 9.59 Å². The molecule has 0 aliphatic heterocycles. The summed E-state index contributed by atoms with van der Waals surface area (Å²) in [5.41, 5.74) is 2.26. The lowest BCUT2D eigenvalue weighted by atomic mass is 9.84. The molecular weight excluding hydrogens is 685 g/mol. The lowest BCUT2D eigenvalue weighted by Gasteiger charge is -2.40. The molecule has 0 amide bonds. The van der Waals surface area contributed by atoms with E-state index >= 15 is 0 Å². The summed E-state index contributed by atoms with van der Waals surface area (Å²) in [5, 5.41) is -0.0821. The summed E-state index contributed by atoms with van der Waals surface area (Å²) in [4.78, 5) is 27.2. The van der Waals surface area contributed by atoms with Crippen molar-refractivity contribution in [2.45, 2.75) is 117 Å². The normalized spacial score (nSPS) is 14.2. The fraction of sp³-hybridized carbons (Fsp3) is 0.500. The highest BCUT2D eigenvalue weighted by atomic mass is 28.4. The zero-order chi connectivity index (χ0) is 39.1. The minimum atomic E-state index is -2.32. The molecule has 0 aliphatic carbocycles. The van der Waals surface area contributed by atoms with Gasteiger partial charge in [-0.25, -0.2) is 0 Å². The van der Waals surface area contributed by atoms with Gasteiger partial charge in [-0.05, 0) is 79.9 Å². The molecule has 0 aromatic heterocycles. The topological polar surface area (TPSA) is 89.5 Å². The summed E-state index contributed by atoms with van der Waals surface area (Å²) < 4.78 is 36.2. The Morgan fingerprint density at radius 1 is 0.736 bits per heavy atom. The van der Waals surface area contributed by atoms with E-state index in [1.165, 1.54) is 0 Å². The number of allylic oxidation sites excluding steroid dienone is 1. The van der Waals surface area contributed by atoms with Crippen LogP contribution in [0.1, 0.15) is 77.5 Å². The van der Waals surface area contributed by atoms with Crippen LogP contribution in [0.3, 0.4) is 0 Å². The van der Waals surface area contributed by atoms with E-state index in [-0.39, 0.29) is 41.7 Å². The minimum absolute atomic E-state index is 0.0821. The molecule has 0 spiro atoms. The quantitative estimate of drug-likeness (QED) is 0.0410. The van der Waals surface area contributed by atoms with Gasteiger partial charge in [0.25, 0.3) is 0 Å². The molecule has 9 heteroatoms. The molecule has 0 aliphatic rings. The van der Waals surface area contributed by atoms with Gasteiger partial charge in [0.05, 0.1) is 65.4 Å². The van der Waals surface area contributed by atoms with Crippen molar-refractivity contribution in [2.75, 3.05) is 20.8 Å². The predicted molar refractivity (Wildman–Crippen MR) is 214 cm³/mol. The summed E-state index contributed by atoms with van der Waals surface area (Å²) in [6.45, 7) is 18.2. The van der Waals surface area contributed by atoms with Gasteiger partial charge in [0, 0.05) is 18.3 Å². The average molecular weight is 747 g/mol. The van der Waals surface area contributed by atoms with Crippen molar-refractivity contribution in [3.8, 4) is 11.5 Å². The maximum absolute atomic E-state index is 13.7. The van der Waals surface area contributed by atoms with Gasteiger partial charge in [-0.1, -0.05) is 87.5 Å². The molecule has 0 unspecified atom stereocenters. The number of hydrogen-bond donors (Lipinski definition) is 0. The van der Waals surface area contributed by atoms with E-state index in [1.54, 1.807) is 14.2 Å². The molecule has 0 saturated heterocycles. The summed E-state index contributed by atoms with van der Waals surface area (Å²) in [6, 6.07) is 25.5. The number of ether oxygens (including phenoxy) is 5. The average Bonchev–Trinajstić information content (AvgIpc) is 3.12. The lowest BCUT2D eigenvalue weighted by Crippen LogP contribution is -2.46. The molecule has 8 nitrogen and oxygen atoms in total. The second-order valence-corrected chi connectivity index (χ2v) is 20.5. The molecular formula is C44H62O8Si. The highest BCUT2D eigenvalue weighted by Crippen LogP contribution is 2.38. The van der Waals surface area contributed by atoms with Gasteiger partial charge in [0.15, 0.2) is 8.32 Å². The van der Waals surface area contributed by atoms with Crippen LogP contribution in [0.2, 0.25) is 18.1 Å². The third-order valence-corrected chi connectivity index (χ3v) is 14.5. The van der Waals surface area contributed by atoms with Crippen molar-refractivity contribution in [3.05, 3.63) is 108 Å². The second-order valence-electron chi connectivity index (χ2n) is 15.8. The van der Waals surface area contributed by atoms with Crippen molar-refractivity contribution in [1.82, 2.24) is 0 Å². The molecule has 3 rings (SSSR count). The van der Waals surface area contributed by atoms with E-state index in [4.69, 9.17) is 28.1 Å². The van der Waals surface area contributed by atoms with Crippen LogP contribution in [0.5, 0.6) is 11.5 Å². The van der Waals surface area contributed by atoms with Crippen LogP contribution < -0.4 is 9.47 Å². The first-order valence-corrected chi connectivity index (χ1v) is 21.4. The highest BCUT2D eigenvalue weighted by Gasteiger charge is 2.41. The first-order chi connectivity index (χ1) is 25.0. The third-order valence-electron chi connectivity index (χ3n) is 9.97. The SMILES string of the molecule is COc1ccc(COC/C=C/C(C)(C)C(=O)CC(=O)C[C@@H](C[C@@H](OCc2ccc(OC)cc2)[C@@H](C)OCc2ccccc2)O[Si](C)(C)C(C)(C)C)cc1. The van der Waals surface area contributed by atoms with Gasteiger partial charge in [-0.2, -0.15) is 0 Å². The molecule has 290 valence electrons. The van der Waals surface area contributed by atoms with Crippen molar-refractivity contribution >= 4 is 19.9 Å². The maximum Gasteiger partial charge on any atom is 0.192 e. The Hall–Kier alpha value is -3.60. The first-order valence-electron chi connectivity index (χ1n) is 18.5. The van der Waals surface area contributed by atoms with Gasteiger partial charge < -0.3 is 28.1 Å². The van der Waals surface area contributed by atoms with E-state index < -0.39 is 19.8 Å². The Kier molecular flexibility index (Phi) is 17.1. The molecule has 3 aromatic carbocycles. The van der Waals surface area contributed by atoms with E-state index in [2.05, 4.69) is 33.9 Å². The fourth-order valence-electron chi connectivity index (χ4n) is 5.39. The molecule has 0 fully saturated rings. The summed E-state index contributed by atoms with van der Waals surface area (Å²) in [7, 11) is 0.963. The number of ketones is 2. The molecule has 0 saturated carbocycles. The molecule has 3 aromatic rings. The van der Waals surface area contributed by atoms with E-state index in [0.717, 1.165) is 28.2 Å². The Bertz CT molecular complexity index is 1560. The zero-order valence-corrected chi connectivity index (χ0v) is 34.6. The van der Waals surface area contributed by atoms with Crippen molar-refractivity contribution in [3.63, 3.8) is 0 Å². The van der Waals surface area contributed by atoms with E-state index in [0.29, 0.717) is 32.8 Å². The van der Waals surface area contributed by atoms with Crippen LogP contribution in [0.25, 0.3) is 0 Å². The molecule has 3 atom stereocenters. The van der Waals surface area contributed by atoms with Crippen molar-refractivity contribution in [1.29, 1.82) is 0 Å². The Morgan fingerprint density at radius 2 is 1.26 bits per heavy atom. The number of Topliss-reactive ketones (excluding diaryl/α,β-unsaturated/α-hetero) is 2. The number of carbonyl (C=O) groups is 2. The largest absolute Gasteiger partial charge is 0.497 e. The Labute approximate surface area is 319 Å². The third kappa shape index (κ3) is 15.0. The summed E-state index contributed by atoms with van der Waals surface area (Å²) in [5.74, 6) is 1.27. The van der Waals surface area contributed by atoms with Crippen LogP contribution in [-0.4, -0.2) is 59.0 Å². The van der Waals surface area contributed by atoms with Gasteiger partial charge in [0.2, 0.25) is 0 Å². The smallest absolute Gasteiger partial charge is 0.192 e. The van der Waals surface area contributed by atoms with Gasteiger partial charge >= 0.3 is 0 Å². The first kappa shape index (κ1) is 43.8. The van der Waals surface area contributed by atoms with Crippen molar-refractivity contribution < 1.29 is 37.7 Å². The second kappa shape index (κ2) is 20.7. The highest BCUT2D eigenvalue weighted by molar-refractivity contribution is 6.74. The van der Waals surface area contributed by atoms with Crippen molar-refractivity contribution in [2.24, 2.45) is 5.41 Å². The standard InChI is InChI=1S/C44H62O8Si/c1-33(50-31-34-15-12-11-13-16-34)41(51-32-36-19-23-39(48-8)24-20-36)29-40(52-53(9,10)43(2,3)4)27-37(45)28-42(46)44(5,6)25-14-26-49-30-35-17-21-38(47-7)22-18-35/h11-25,33,40-41H,26-32H2,1-10H3/b25-14+/t33-,40+,41-/m1/s1. The van der Waals surface area contributed by atoms with Crippen LogP contribution in [0, 0.1) is 5.41 Å². The zero-order valence-electron chi connectivity index (χ0n) is 33.6. The van der Waals surface area contributed by atoms with Gasteiger partial charge in [-0.3, -0.25) is 9.59 Å². The molecule has 0 N–H and O–H groups in total. The van der Waals surface area contributed by atoms with E-state index in [1.807, 2.05) is 112 Å². The summed E-state index contributed by atoms with van der Waals surface area (Å²) in [6.07, 6.45) is 2.91. The maximum atomic E-state index is 13.7. The Balaban J connectivity index is 1.71. The lowest BCUT2D eigenvalue weighted by molar-refractivity contribution is -0.132. The van der Waals surface area contributed by atoms with Gasteiger partial charge in [0.1, 0.15) is 23.1 Å². The minimum Gasteiger partial charge on any atom is -0.497 e. The molecule has 53 heavy (non-hydrogen) atoms. The predicted octanol–water partition coefficient (Wildman–Crippen LogP) is 9.69. The number of carbonyl (C=O) groups excluding carboxylic acids is 2. The number of hydrogen-bond acceptors (Lipinski definition) is 8. The fourth-order valence-corrected chi connectivity index (χ4v) is 6.76. The number of rotatable bonds is 23. The molecule has 0 radical (unpaired) electrons. The number of methoxy groups -OCH3 is 2. The van der Waals surface area contributed by atoms with Crippen LogP contribution in [0.4, 0.5) is 0 Å². The van der Waals surface area contributed by atoms with Crippen LogP contribution in [-0.2, 0) is 48.0 Å². The van der Waals surface area contributed by atoms with Crippen LogP contribution >= 0.6 is 0 Å². The van der Waals surface area contributed by atoms with Crippen LogP contribution in [0.15, 0.2) is 91.0 Å². The summed E-state index contributed by atoms with van der Waals surface area (Å²) >= 11 is 0. The molecule has 0 bridgehead atoms. The van der Waals surface area contributed by atoms with Gasteiger partial charge in [-0.15, -0.1) is 0 Å². The number of benzene rings is 3.